The van der Waals surface area contributed by atoms with E-state index in [1.807, 2.05) is 12.1 Å². The molecule has 0 atom stereocenters. The molecule has 0 radical (unpaired) electrons. The Bertz CT molecular complexity index is 778. The lowest BCUT2D eigenvalue weighted by Gasteiger charge is -2.11. The standard InChI is InChI=1S/C17H16N2O5/c20-17(19-13-2-4-15-16(8-13)24-10-23-15)18-12-1-3-14-11(7-12)9-21-5-6-22-14/h1-4,7-8H,5-6,9-10H2,(H2,18,19,20). The van der Waals surface area contributed by atoms with Crippen molar-refractivity contribution in [2.24, 2.45) is 0 Å². The fourth-order valence-corrected chi connectivity index (χ4v) is 2.57. The van der Waals surface area contributed by atoms with Crippen molar-refractivity contribution in [3.63, 3.8) is 0 Å². The van der Waals surface area contributed by atoms with E-state index in [0.717, 1.165) is 11.3 Å². The maximum absolute atomic E-state index is 12.2. The van der Waals surface area contributed by atoms with E-state index in [4.69, 9.17) is 18.9 Å². The van der Waals surface area contributed by atoms with Crippen LogP contribution in [-0.2, 0) is 11.3 Å². The first-order chi connectivity index (χ1) is 11.8. The first-order valence-corrected chi connectivity index (χ1v) is 7.59. The van der Waals surface area contributed by atoms with Crippen LogP contribution in [0.15, 0.2) is 36.4 Å². The zero-order chi connectivity index (χ0) is 16.4. The number of hydrogen-bond donors (Lipinski definition) is 2. The number of urea groups is 1. The van der Waals surface area contributed by atoms with Crippen LogP contribution < -0.4 is 24.8 Å². The third kappa shape index (κ3) is 3.07. The summed E-state index contributed by atoms with van der Waals surface area (Å²) in [6.45, 7) is 1.76. The molecule has 4 rings (SSSR count). The lowest BCUT2D eigenvalue weighted by atomic mass is 10.2. The minimum Gasteiger partial charge on any atom is -0.491 e. The molecule has 0 aromatic heterocycles. The van der Waals surface area contributed by atoms with Gasteiger partial charge in [0.2, 0.25) is 6.79 Å². The van der Waals surface area contributed by atoms with Gasteiger partial charge >= 0.3 is 6.03 Å². The van der Waals surface area contributed by atoms with Crippen molar-refractivity contribution in [2.45, 2.75) is 6.61 Å². The predicted molar refractivity (Wildman–Crippen MR) is 86.8 cm³/mol. The normalized spacial score (nSPS) is 15.0. The molecule has 7 nitrogen and oxygen atoms in total. The summed E-state index contributed by atoms with van der Waals surface area (Å²) in [5, 5.41) is 5.56. The lowest BCUT2D eigenvalue weighted by molar-refractivity contribution is 0.107. The van der Waals surface area contributed by atoms with E-state index in [2.05, 4.69) is 10.6 Å². The Labute approximate surface area is 138 Å². The highest BCUT2D eigenvalue weighted by Gasteiger charge is 2.15. The SMILES string of the molecule is O=C(Nc1ccc2c(c1)COCCO2)Nc1ccc2c(c1)OCO2. The molecule has 7 heteroatoms. The third-order valence-electron chi connectivity index (χ3n) is 3.69. The minimum atomic E-state index is -0.343. The van der Waals surface area contributed by atoms with Crippen LogP contribution in [-0.4, -0.2) is 26.0 Å². The Morgan fingerprint density at radius 3 is 2.46 bits per heavy atom. The molecule has 2 heterocycles. The number of ether oxygens (including phenoxy) is 4. The molecule has 24 heavy (non-hydrogen) atoms. The minimum absolute atomic E-state index is 0.199. The van der Waals surface area contributed by atoms with E-state index in [-0.39, 0.29) is 12.8 Å². The molecule has 0 saturated carbocycles. The van der Waals surface area contributed by atoms with Gasteiger partial charge in [0.1, 0.15) is 12.4 Å². The largest absolute Gasteiger partial charge is 0.491 e. The second-order valence-corrected chi connectivity index (χ2v) is 5.37. The first kappa shape index (κ1) is 14.6. The van der Waals surface area contributed by atoms with Crippen LogP contribution in [0.1, 0.15) is 5.56 Å². The van der Waals surface area contributed by atoms with Crippen molar-refractivity contribution in [1.82, 2.24) is 0 Å². The molecule has 2 aromatic carbocycles. The van der Waals surface area contributed by atoms with Crippen molar-refractivity contribution < 1.29 is 23.7 Å². The van der Waals surface area contributed by atoms with Gasteiger partial charge in [0.05, 0.1) is 13.2 Å². The molecule has 2 aliphatic rings. The van der Waals surface area contributed by atoms with Crippen molar-refractivity contribution in [3.8, 4) is 17.2 Å². The fraction of sp³-hybridized carbons (Fsp3) is 0.235. The summed E-state index contributed by atoms with van der Waals surface area (Å²) in [7, 11) is 0. The maximum atomic E-state index is 12.2. The van der Waals surface area contributed by atoms with Crippen molar-refractivity contribution in [2.75, 3.05) is 30.6 Å². The molecule has 0 saturated heterocycles. The number of benzene rings is 2. The topological polar surface area (TPSA) is 78.1 Å². The summed E-state index contributed by atoms with van der Waals surface area (Å²) < 4.78 is 21.5. The molecule has 2 aliphatic heterocycles. The van der Waals surface area contributed by atoms with E-state index in [1.54, 1.807) is 24.3 Å². The Morgan fingerprint density at radius 1 is 0.833 bits per heavy atom. The van der Waals surface area contributed by atoms with Crippen molar-refractivity contribution in [1.29, 1.82) is 0 Å². The molecule has 0 aliphatic carbocycles. The smallest absolute Gasteiger partial charge is 0.323 e. The van der Waals surface area contributed by atoms with Gasteiger partial charge in [-0.3, -0.25) is 0 Å². The zero-order valence-electron chi connectivity index (χ0n) is 12.8. The summed E-state index contributed by atoms with van der Waals surface area (Å²) in [6, 6.07) is 10.4. The monoisotopic (exact) mass is 328 g/mol. The number of carbonyl (C=O) groups is 1. The van der Waals surface area contributed by atoms with Crippen LogP contribution in [0, 0.1) is 0 Å². The highest BCUT2D eigenvalue weighted by Crippen LogP contribution is 2.34. The number of carbonyl (C=O) groups excluding carboxylic acids is 1. The molecule has 2 N–H and O–H groups in total. The quantitative estimate of drug-likeness (QED) is 0.886. The number of nitrogens with one attached hydrogen (secondary N) is 2. The first-order valence-electron chi connectivity index (χ1n) is 7.59. The van der Waals surface area contributed by atoms with E-state index < -0.39 is 0 Å². The summed E-state index contributed by atoms with van der Waals surface area (Å²) >= 11 is 0. The average Bonchev–Trinajstić information content (AvgIpc) is 2.91. The summed E-state index contributed by atoms with van der Waals surface area (Å²) in [5.41, 5.74) is 2.20. The summed E-state index contributed by atoms with van der Waals surface area (Å²) in [5.74, 6) is 2.08. The van der Waals surface area contributed by atoms with Gasteiger partial charge in [-0.2, -0.15) is 0 Å². The fourth-order valence-electron chi connectivity index (χ4n) is 2.57. The van der Waals surface area contributed by atoms with Crippen LogP contribution in [0.4, 0.5) is 16.2 Å². The lowest BCUT2D eigenvalue weighted by Crippen LogP contribution is -2.19. The van der Waals surface area contributed by atoms with Gasteiger partial charge < -0.3 is 29.6 Å². The molecule has 0 fully saturated rings. The van der Waals surface area contributed by atoms with Crippen molar-refractivity contribution >= 4 is 17.4 Å². The third-order valence-corrected chi connectivity index (χ3v) is 3.69. The second-order valence-electron chi connectivity index (χ2n) is 5.37. The van der Waals surface area contributed by atoms with Crippen LogP contribution in [0.2, 0.25) is 0 Å². The van der Waals surface area contributed by atoms with E-state index in [1.165, 1.54) is 0 Å². The molecule has 124 valence electrons. The van der Waals surface area contributed by atoms with Crippen LogP contribution in [0.5, 0.6) is 17.2 Å². The number of rotatable bonds is 2. The number of amides is 2. The van der Waals surface area contributed by atoms with Crippen molar-refractivity contribution in [3.05, 3.63) is 42.0 Å². The Hall–Kier alpha value is -2.93. The average molecular weight is 328 g/mol. The van der Waals surface area contributed by atoms with Gasteiger partial charge in [-0.05, 0) is 30.3 Å². The highest BCUT2D eigenvalue weighted by atomic mass is 16.7. The molecule has 2 amide bonds. The number of fused-ring (bicyclic) bond motifs is 2. The van der Waals surface area contributed by atoms with Crippen LogP contribution >= 0.6 is 0 Å². The number of hydrogen-bond acceptors (Lipinski definition) is 5. The van der Waals surface area contributed by atoms with Gasteiger partial charge in [-0.25, -0.2) is 4.79 Å². The molecule has 0 unspecified atom stereocenters. The van der Waals surface area contributed by atoms with E-state index in [0.29, 0.717) is 42.7 Å². The number of anilines is 2. The van der Waals surface area contributed by atoms with Crippen LogP contribution in [0.3, 0.4) is 0 Å². The molecule has 2 aromatic rings. The molecule has 0 spiro atoms. The van der Waals surface area contributed by atoms with E-state index in [9.17, 15) is 4.79 Å². The molecular formula is C17H16N2O5. The highest BCUT2D eigenvalue weighted by molar-refractivity contribution is 6.00. The van der Waals surface area contributed by atoms with E-state index >= 15 is 0 Å². The summed E-state index contributed by atoms with van der Waals surface area (Å²) in [4.78, 5) is 12.2. The Kier molecular flexibility index (Phi) is 3.84. The van der Waals surface area contributed by atoms with Gasteiger partial charge in [-0.1, -0.05) is 0 Å². The summed E-state index contributed by atoms with van der Waals surface area (Å²) in [6.07, 6.45) is 0. The molecular weight excluding hydrogens is 312 g/mol. The molecule has 0 bridgehead atoms. The van der Waals surface area contributed by atoms with Gasteiger partial charge in [0.25, 0.3) is 0 Å². The maximum Gasteiger partial charge on any atom is 0.323 e. The predicted octanol–water partition coefficient (Wildman–Crippen LogP) is 2.97. The Morgan fingerprint density at radius 2 is 1.58 bits per heavy atom. The van der Waals surface area contributed by atoms with Crippen LogP contribution in [0.25, 0.3) is 0 Å². The van der Waals surface area contributed by atoms with Gasteiger partial charge in [0.15, 0.2) is 11.5 Å². The Balaban J connectivity index is 1.43. The van der Waals surface area contributed by atoms with Gasteiger partial charge in [-0.15, -0.1) is 0 Å². The second kappa shape index (κ2) is 6.29. The van der Waals surface area contributed by atoms with Gasteiger partial charge in [0, 0.05) is 23.0 Å². The zero-order valence-corrected chi connectivity index (χ0v) is 12.8.